The molecule has 3 aromatic rings. The topological polar surface area (TPSA) is 65.6 Å². The van der Waals surface area contributed by atoms with Crippen molar-refractivity contribution in [3.05, 3.63) is 60.6 Å². The second kappa shape index (κ2) is 7.68. The molecular weight excluding hydrogens is 492 g/mol. The molecule has 2 aliphatic heterocycles. The van der Waals surface area contributed by atoms with Crippen LogP contribution in [0.2, 0.25) is 0 Å². The number of carbonyl (C=O) groups excluding carboxylic acids is 1. The summed E-state index contributed by atoms with van der Waals surface area (Å²) in [6.07, 6.45) is 0. The predicted octanol–water partition coefficient (Wildman–Crippen LogP) is 3.80. The van der Waals surface area contributed by atoms with Crippen molar-refractivity contribution in [3.63, 3.8) is 0 Å². The first-order valence-electron chi connectivity index (χ1n) is 9.70. The van der Waals surface area contributed by atoms with Crippen molar-refractivity contribution in [2.24, 2.45) is 5.92 Å². The Kier molecular flexibility index (Phi) is 5.10. The first-order valence-corrected chi connectivity index (χ1v) is 11.4. The highest BCUT2D eigenvalue weighted by Gasteiger charge is 2.39. The number of pyridine rings is 1. The standard InChI is InChI=1S/C21H18BrF2N3O3S/c1-26(21(29)10-4-27(5-10)18-9-31-8-13(18)22)17-7-30-6-16-19(17)11-2-14(23)15(24)3-12(11)20(28)25-16/h2-3,8-10,17H,4-7H2,1H3,(H,25,28)/t17-/m1/s1. The fourth-order valence-electron chi connectivity index (χ4n) is 4.32. The Bertz CT molecular complexity index is 1250. The van der Waals surface area contributed by atoms with E-state index < -0.39 is 23.2 Å². The number of H-pyrrole nitrogens is 1. The maximum absolute atomic E-state index is 14.0. The third-order valence-corrected chi connectivity index (χ3v) is 7.69. The van der Waals surface area contributed by atoms with Gasteiger partial charge in [0.05, 0.1) is 40.7 Å². The molecule has 162 valence electrons. The number of carbonyl (C=O) groups is 1. The molecule has 2 aromatic heterocycles. The average Bonchev–Trinajstić information content (AvgIpc) is 3.13. The van der Waals surface area contributed by atoms with Crippen LogP contribution in [-0.4, -0.2) is 42.5 Å². The number of halogens is 3. The van der Waals surface area contributed by atoms with Gasteiger partial charge in [-0.15, -0.1) is 11.3 Å². The summed E-state index contributed by atoms with van der Waals surface area (Å²) >= 11 is 5.11. The molecule has 0 spiro atoms. The molecule has 0 unspecified atom stereocenters. The van der Waals surface area contributed by atoms with Crippen LogP contribution in [0.4, 0.5) is 14.5 Å². The largest absolute Gasteiger partial charge is 0.373 e. The number of thiophene rings is 1. The molecule has 1 saturated heterocycles. The normalized spacial score (nSPS) is 18.7. The molecule has 1 fully saturated rings. The second-order valence-corrected chi connectivity index (χ2v) is 9.44. The van der Waals surface area contributed by atoms with E-state index >= 15 is 0 Å². The van der Waals surface area contributed by atoms with Crippen molar-refractivity contribution in [1.29, 1.82) is 0 Å². The Hall–Kier alpha value is -2.30. The first kappa shape index (κ1) is 20.6. The van der Waals surface area contributed by atoms with Crippen LogP contribution in [0.1, 0.15) is 17.3 Å². The summed E-state index contributed by atoms with van der Waals surface area (Å²) in [6, 6.07) is 1.43. The monoisotopic (exact) mass is 509 g/mol. The summed E-state index contributed by atoms with van der Waals surface area (Å²) in [5.74, 6) is -2.34. The third kappa shape index (κ3) is 3.37. The van der Waals surface area contributed by atoms with E-state index in [9.17, 15) is 18.4 Å². The number of nitrogens with zero attached hydrogens (tertiary/aromatic N) is 2. The highest BCUT2D eigenvalue weighted by atomic mass is 79.9. The minimum Gasteiger partial charge on any atom is -0.373 e. The SMILES string of the molecule is CN(C(=O)C1CN(c2cscc2Br)C1)[C@@H]1COCc2[nH]c(=O)c3cc(F)c(F)cc3c21. The predicted molar refractivity (Wildman–Crippen MR) is 117 cm³/mol. The first-order chi connectivity index (χ1) is 14.8. The maximum atomic E-state index is 14.0. The van der Waals surface area contributed by atoms with Gasteiger partial charge in [0, 0.05) is 42.2 Å². The van der Waals surface area contributed by atoms with Crippen LogP contribution in [0.5, 0.6) is 0 Å². The van der Waals surface area contributed by atoms with Gasteiger partial charge in [0.15, 0.2) is 11.6 Å². The highest BCUT2D eigenvalue weighted by molar-refractivity contribution is 9.10. The number of hydrogen-bond donors (Lipinski definition) is 1. The van der Waals surface area contributed by atoms with E-state index in [1.54, 1.807) is 23.3 Å². The second-order valence-electron chi connectivity index (χ2n) is 7.85. The maximum Gasteiger partial charge on any atom is 0.256 e. The van der Waals surface area contributed by atoms with Gasteiger partial charge < -0.3 is 19.5 Å². The van der Waals surface area contributed by atoms with E-state index in [4.69, 9.17) is 4.74 Å². The minimum absolute atomic E-state index is 0.0500. The number of amides is 1. The van der Waals surface area contributed by atoms with E-state index in [1.165, 1.54) is 0 Å². The van der Waals surface area contributed by atoms with E-state index in [-0.39, 0.29) is 30.4 Å². The van der Waals surface area contributed by atoms with Gasteiger partial charge >= 0.3 is 0 Å². The van der Waals surface area contributed by atoms with Crippen molar-refractivity contribution in [3.8, 4) is 0 Å². The van der Waals surface area contributed by atoms with Gasteiger partial charge in [-0.2, -0.15) is 0 Å². The minimum atomic E-state index is -1.08. The van der Waals surface area contributed by atoms with Gasteiger partial charge in [-0.3, -0.25) is 9.59 Å². The third-order valence-electron chi connectivity index (χ3n) is 6.02. The van der Waals surface area contributed by atoms with Gasteiger partial charge in [-0.05, 0) is 33.4 Å². The average molecular weight is 510 g/mol. The lowest BCUT2D eigenvalue weighted by Crippen LogP contribution is -2.55. The number of nitrogens with one attached hydrogen (secondary N) is 1. The van der Waals surface area contributed by atoms with Crippen LogP contribution in [0.3, 0.4) is 0 Å². The lowest BCUT2D eigenvalue weighted by atomic mass is 9.93. The molecule has 0 bridgehead atoms. The molecule has 1 N–H and O–H groups in total. The van der Waals surface area contributed by atoms with Gasteiger partial charge in [0.25, 0.3) is 5.56 Å². The molecule has 1 amide bonds. The zero-order chi connectivity index (χ0) is 21.9. The Morgan fingerprint density at radius 3 is 2.65 bits per heavy atom. The summed E-state index contributed by atoms with van der Waals surface area (Å²) < 4.78 is 34.4. The molecule has 1 atom stereocenters. The van der Waals surface area contributed by atoms with Crippen molar-refractivity contribution in [2.75, 3.05) is 31.6 Å². The van der Waals surface area contributed by atoms with Crippen LogP contribution in [-0.2, 0) is 16.1 Å². The van der Waals surface area contributed by atoms with E-state index in [0.717, 1.165) is 22.3 Å². The summed E-state index contributed by atoms with van der Waals surface area (Å²) in [5, 5.41) is 4.40. The zero-order valence-corrected chi connectivity index (χ0v) is 18.9. The van der Waals surface area contributed by atoms with Crippen molar-refractivity contribution in [2.45, 2.75) is 12.6 Å². The number of aromatic amines is 1. The van der Waals surface area contributed by atoms with E-state index in [0.29, 0.717) is 29.7 Å². The van der Waals surface area contributed by atoms with E-state index in [1.807, 2.05) is 10.8 Å². The number of benzene rings is 1. The fraction of sp³-hybridized carbons (Fsp3) is 0.333. The van der Waals surface area contributed by atoms with Crippen molar-refractivity contribution >= 4 is 49.6 Å². The van der Waals surface area contributed by atoms with Crippen LogP contribution < -0.4 is 10.5 Å². The smallest absolute Gasteiger partial charge is 0.256 e. The number of anilines is 1. The molecule has 2 aliphatic rings. The number of likely N-dealkylation sites (N-methyl/N-ethyl adjacent to an activating group) is 1. The molecule has 10 heteroatoms. The summed E-state index contributed by atoms with van der Waals surface area (Å²) in [6.45, 7) is 1.56. The molecule has 0 radical (unpaired) electrons. The van der Waals surface area contributed by atoms with Crippen LogP contribution in [0.15, 0.2) is 32.2 Å². The fourth-order valence-corrected chi connectivity index (χ4v) is 5.87. The molecule has 31 heavy (non-hydrogen) atoms. The van der Waals surface area contributed by atoms with Crippen LogP contribution in [0, 0.1) is 17.6 Å². The van der Waals surface area contributed by atoms with Crippen molar-refractivity contribution in [1.82, 2.24) is 9.88 Å². The Morgan fingerprint density at radius 1 is 1.26 bits per heavy atom. The molecule has 4 heterocycles. The van der Waals surface area contributed by atoms with E-state index in [2.05, 4.69) is 25.8 Å². The van der Waals surface area contributed by atoms with Crippen LogP contribution >= 0.6 is 27.3 Å². The van der Waals surface area contributed by atoms with Crippen molar-refractivity contribution < 1.29 is 18.3 Å². The Labute approximate surface area is 188 Å². The number of ether oxygens (including phenoxy) is 1. The number of rotatable bonds is 3. The quantitative estimate of drug-likeness (QED) is 0.583. The molecule has 0 saturated carbocycles. The molecular formula is C21H18BrF2N3O3S. The summed E-state index contributed by atoms with van der Waals surface area (Å²) in [4.78, 5) is 32.0. The lowest BCUT2D eigenvalue weighted by Gasteiger charge is -2.43. The molecule has 5 rings (SSSR count). The summed E-state index contributed by atoms with van der Waals surface area (Å²) in [7, 11) is 1.69. The summed E-state index contributed by atoms with van der Waals surface area (Å²) in [5.41, 5.74) is 1.65. The van der Waals surface area contributed by atoms with Gasteiger partial charge in [-0.1, -0.05) is 0 Å². The van der Waals surface area contributed by atoms with Gasteiger partial charge in [0.2, 0.25) is 5.91 Å². The van der Waals surface area contributed by atoms with Gasteiger partial charge in [-0.25, -0.2) is 8.78 Å². The number of hydrogen-bond acceptors (Lipinski definition) is 5. The highest BCUT2D eigenvalue weighted by Crippen LogP contribution is 2.37. The molecule has 6 nitrogen and oxygen atoms in total. The van der Waals surface area contributed by atoms with Gasteiger partial charge in [0.1, 0.15) is 0 Å². The van der Waals surface area contributed by atoms with Crippen LogP contribution in [0.25, 0.3) is 10.8 Å². The Morgan fingerprint density at radius 2 is 1.97 bits per heavy atom. The lowest BCUT2D eigenvalue weighted by molar-refractivity contribution is -0.139. The number of fused-ring (bicyclic) bond motifs is 3. The number of aromatic nitrogens is 1. The molecule has 0 aliphatic carbocycles. The zero-order valence-electron chi connectivity index (χ0n) is 16.5. The molecule has 1 aromatic carbocycles. The Balaban J connectivity index is 1.45.